The Morgan fingerprint density at radius 1 is 1.20 bits per heavy atom. The van der Waals surface area contributed by atoms with Crippen molar-refractivity contribution in [3.63, 3.8) is 0 Å². The lowest BCUT2D eigenvalue weighted by Crippen LogP contribution is -2.20. The Bertz CT molecular complexity index is 297. The highest BCUT2D eigenvalue weighted by atomic mass is 16.6. The average molecular weight is 207 g/mol. The monoisotopic (exact) mass is 207 g/mol. The molecule has 0 heterocycles. The first-order chi connectivity index (χ1) is 7.25. The fraction of sp³-hybridized carbons (Fsp3) is 0.538. The summed E-state index contributed by atoms with van der Waals surface area (Å²) < 4.78 is 0. The van der Waals surface area contributed by atoms with Gasteiger partial charge in [0.2, 0.25) is 0 Å². The summed E-state index contributed by atoms with van der Waals surface area (Å²) in [6, 6.07) is 6.11. The van der Waals surface area contributed by atoms with Crippen LogP contribution in [-0.4, -0.2) is 6.54 Å². The normalized spacial score (nSPS) is 10.3. The lowest BCUT2D eigenvalue weighted by Gasteiger charge is -2.10. The highest BCUT2D eigenvalue weighted by Gasteiger charge is 2.00. The van der Waals surface area contributed by atoms with Crippen molar-refractivity contribution in [3.05, 3.63) is 29.3 Å². The maximum Gasteiger partial charge on any atom is 0.150 e. The smallest absolute Gasteiger partial charge is 0.150 e. The van der Waals surface area contributed by atoms with Crippen molar-refractivity contribution in [3.8, 4) is 5.75 Å². The van der Waals surface area contributed by atoms with Crippen molar-refractivity contribution < 1.29 is 4.84 Å². The molecule has 2 nitrogen and oxygen atoms in total. The Kier molecular flexibility index (Phi) is 5.19. The molecule has 0 bridgehead atoms. The van der Waals surface area contributed by atoms with Crippen molar-refractivity contribution in [2.24, 2.45) is 0 Å². The summed E-state index contributed by atoms with van der Waals surface area (Å²) in [5, 5.41) is 0. The molecule has 0 aliphatic heterocycles. The van der Waals surface area contributed by atoms with Gasteiger partial charge in [-0.3, -0.25) is 0 Å². The van der Waals surface area contributed by atoms with E-state index >= 15 is 0 Å². The molecular weight excluding hydrogens is 186 g/mol. The molecule has 2 heteroatoms. The van der Waals surface area contributed by atoms with Crippen molar-refractivity contribution in [1.82, 2.24) is 5.48 Å². The van der Waals surface area contributed by atoms with E-state index in [1.165, 1.54) is 30.4 Å². The van der Waals surface area contributed by atoms with Crippen molar-refractivity contribution in [2.45, 2.75) is 40.0 Å². The Morgan fingerprint density at radius 3 is 2.73 bits per heavy atom. The van der Waals surface area contributed by atoms with Gasteiger partial charge in [0.1, 0.15) is 5.75 Å². The average Bonchev–Trinajstić information content (AvgIpc) is 2.24. The van der Waals surface area contributed by atoms with Crippen LogP contribution < -0.4 is 10.3 Å². The predicted molar refractivity (Wildman–Crippen MR) is 64.1 cm³/mol. The highest BCUT2D eigenvalue weighted by Crippen LogP contribution is 2.19. The number of hydroxylamine groups is 1. The Labute approximate surface area is 92.6 Å². The Morgan fingerprint density at radius 2 is 2.00 bits per heavy atom. The van der Waals surface area contributed by atoms with E-state index < -0.39 is 0 Å². The summed E-state index contributed by atoms with van der Waals surface area (Å²) in [4.78, 5) is 5.51. The largest absolute Gasteiger partial charge is 0.408 e. The minimum absolute atomic E-state index is 0.918. The maximum atomic E-state index is 5.51. The zero-order valence-electron chi connectivity index (χ0n) is 9.97. The fourth-order valence-corrected chi connectivity index (χ4v) is 1.41. The van der Waals surface area contributed by atoms with Gasteiger partial charge < -0.3 is 4.84 Å². The second-order valence-corrected chi connectivity index (χ2v) is 3.90. The van der Waals surface area contributed by atoms with Gasteiger partial charge in [0.15, 0.2) is 0 Å². The first-order valence-corrected chi connectivity index (χ1v) is 5.71. The highest BCUT2D eigenvalue weighted by molar-refractivity contribution is 5.37. The molecule has 0 saturated carbocycles. The second-order valence-electron chi connectivity index (χ2n) is 3.90. The molecular formula is C13H21NO. The molecule has 84 valence electrons. The fourth-order valence-electron chi connectivity index (χ4n) is 1.41. The summed E-state index contributed by atoms with van der Waals surface area (Å²) in [6.07, 6.45) is 3.66. The van der Waals surface area contributed by atoms with Crippen molar-refractivity contribution >= 4 is 0 Å². The second kappa shape index (κ2) is 6.46. The number of benzene rings is 1. The van der Waals surface area contributed by atoms with Crippen LogP contribution in [0.5, 0.6) is 5.75 Å². The third kappa shape index (κ3) is 3.92. The van der Waals surface area contributed by atoms with Gasteiger partial charge >= 0.3 is 0 Å². The van der Waals surface area contributed by atoms with E-state index in [9.17, 15) is 0 Å². The van der Waals surface area contributed by atoms with Crippen LogP contribution in [0.15, 0.2) is 18.2 Å². The molecule has 1 aromatic rings. The number of nitrogens with one attached hydrogen (secondary N) is 1. The molecule has 0 spiro atoms. The minimum Gasteiger partial charge on any atom is -0.408 e. The lowest BCUT2D eigenvalue weighted by atomic mass is 10.1. The third-order valence-electron chi connectivity index (χ3n) is 2.62. The molecule has 0 fully saturated rings. The molecule has 0 amide bonds. The van der Waals surface area contributed by atoms with Crippen LogP contribution in [0.4, 0.5) is 0 Å². The van der Waals surface area contributed by atoms with Gasteiger partial charge in [-0.15, -0.1) is 0 Å². The number of aryl methyl sites for hydroxylation is 1. The van der Waals surface area contributed by atoms with Gasteiger partial charge in [-0.1, -0.05) is 31.9 Å². The van der Waals surface area contributed by atoms with Crippen LogP contribution in [0.25, 0.3) is 0 Å². The molecule has 0 aliphatic carbocycles. The molecule has 0 unspecified atom stereocenters. The summed E-state index contributed by atoms with van der Waals surface area (Å²) in [5.74, 6) is 0.937. The van der Waals surface area contributed by atoms with E-state index in [1.807, 2.05) is 12.1 Å². The van der Waals surface area contributed by atoms with Crippen LogP contribution in [0.1, 0.15) is 37.3 Å². The molecule has 1 aromatic carbocycles. The molecule has 1 N–H and O–H groups in total. The molecule has 0 atom stereocenters. The third-order valence-corrected chi connectivity index (χ3v) is 2.62. The Hall–Kier alpha value is -1.02. The quantitative estimate of drug-likeness (QED) is 0.570. The van der Waals surface area contributed by atoms with E-state index in [-0.39, 0.29) is 0 Å². The zero-order valence-corrected chi connectivity index (χ0v) is 9.97. The van der Waals surface area contributed by atoms with Crippen LogP contribution in [0, 0.1) is 13.8 Å². The van der Waals surface area contributed by atoms with Crippen LogP contribution >= 0.6 is 0 Å². The maximum absolute atomic E-state index is 5.51. The van der Waals surface area contributed by atoms with Gasteiger partial charge in [0.25, 0.3) is 0 Å². The topological polar surface area (TPSA) is 21.3 Å². The van der Waals surface area contributed by atoms with Gasteiger partial charge in [-0.05, 0) is 37.5 Å². The van der Waals surface area contributed by atoms with Gasteiger partial charge in [0, 0.05) is 6.54 Å². The summed E-state index contributed by atoms with van der Waals surface area (Å²) in [5.41, 5.74) is 5.48. The predicted octanol–water partition coefficient (Wildman–Crippen LogP) is 3.38. The summed E-state index contributed by atoms with van der Waals surface area (Å²) in [6.45, 7) is 7.30. The number of hydrogen-bond donors (Lipinski definition) is 1. The molecule has 0 radical (unpaired) electrons. The van der Waals surface area contributed by atoms with E-state index in [4.69, 9.17) is 4.84 Å². The molecule has 15 heavy (non-hydrogen) atoms. The Balaban J connectivity index is 2.34. The lowest BCUT2D eigenvalue weighted by molar-refractivity contribution is 0.192. The first-order valence-electron chi connectivity index (χ1n) is 5.71. The SMILES string of the molecule is CCCCCNOc1cccc(C)c1C. The van der Waals surface area contributed by atoms with Gasteiger partial charge in [0.05, 0.1) is 0 Å². The van der Waals surface area contributed by atoms with E-state index in [1.54, 1.807) is 0 Å². The van der Waals surface area contributed by atoms with E-state index in [0.29, 0.717) is 0 Å². The summed E-state index contributed by atoms with van der Waals surface area (Å²) >= 11 is 0. The van der Waals surface area contributed by atoms with Crippen molar-refractivity contribution in [2.75, 3.05) is 6.54 Å². The zero-order chi connectivity index (χ0) is 11.1. The first kappa shape index (κ1) is 12.1. The standard InChI is InChI=1S/C13H21NO/c1-4-5-6-10-14-15-13-9-7-8-11(2)12(13)3/h7-9,14H,4-6,10H2,1-3H3. The minimum atomic E-state index is 0.918. The van der Waals surface area contributed by atoms with Crippen LogP contribution in [0.2, 0.25) is 0 Å². The van der Waals surface area contributed by atoms with E-state index in [0.717, 1.165) is 12.3 Å². The van der Waals surface area contributed by atoms with Crippen molar-refractivity contribution in [1.29, 1.82) is 0 Å². The molecule has 0 saturated heterocycles. The molecule has 0 aromatic heterocycles. The van der Waals surface area contributed by atoms with Gasteiger partial charge in [-0.25, -0.2) is 0 Å². The van der Waals surface area contributed by atoms with Crippen LogP contribution in [0.3, 0.4) is 0 Å². The number of unbranched alkanes of at least 4 members (excludes halogenated alkanes) is 2. The summed E-state index contributed by atoms with van der Waals surface area (Å²) in [7, 11) is 0. The number of hydrogen-bond acceptors (Lipinski definition) is 2. The number of rotatable bonds is 6. The van der Waals surface area contributed by atoms with Crippen LogP contribution in [-0.2, 0) is 0 Å². The van der Waals surface area contributed by atoms with Gasteiger partial charge in [-0.2, -0.15) is 5.48 Å². The molecule has 0 aliphatic rings. The van der Waals surface area contributed by atoms with E-state index in [2.05, 4.69) is 32.3 Å². The molecule has 1 rings (SSSR count).